The van der Waals surface area contributed by atoms with Crippen molar-refractivity contribution in [3.8, 4) is 0 Å². The van der Waals surface area contributed by atoms with Crippen molar-refractivity contribution < 1.29 is 0 Å². The highest BCUT2D eigenvalue weighted by Gasteiger charge is 2.39. The molecule has 44 heavy (non-hydrogen) atoms. The zero-order chi connectivity index (χ0) is 30.9. The van der Waals surface area contributed by atoms with E-state index in [-0.39, 0.29) is 17.1 Å². The number of nitrogens with one attached hydrogen (secondary N) is 1. The zero-order valence-electron chi connectivity index (χ0n) is 26.9. The lowest BCUT2D eigenvalue weighted by Crippen LogP contribution is -2.32. The van der Waals surface area contributed by atoms with Gasteiger partial charge in [0, 0.05) is 64.3 Å². The van der Waals surface area contributed by atoms with Gasteiger partial charge in [0.2, 0.25) is 0 Å². The standard InChI is InChI=1S/C40H44N4/c1-39(2,3)41-25-33-31-21-13-15-23-35(31)43(27-29-17-9-7-10-18-29)37(33)38-34(26-42-40(4,5)6)32-22-14-16-24-36(32)44(38)28-30-19-11-8-12-20-30/h7-26,37,41H,27-28H2,1-6H3/b33-25-,42-26?/t37-/m1/s1. The van der Waals surface area contributed by atoms with Gasteiger partial charge in [-0.1, -0.05) is 97.1 Å². The van der Waals surface area contributed by atoms with Gasteiger partial charge < -0.3 is 14.8 Å². The van der Waals surface area contributed by atoms with Crippen LogP contribution in [0.3, 0.4) is 0 Å². The van der Waals surface area contributed by atoms with E-state index < -0.39 is 0 Å². The smallest absolute Gasteiger partial charge is 0.0977 e. The van der Waals surface area contributed by atoms with Crippen molar-refractivity contribution in [1.29, 1.82) is 0 Å². The molecule has 0 aliphatic carbocycles. The van der Waals surface area contributed by atoms with Gasteiger partial charge in [0.25, 0.3) is 0 Å². The summed E-state index contributed by atoms with van der Waals surface area (Å²) < 4.78 is 2.54. The molecule has 4 aromatic carbocycles. The first-order valence-electron chi connectivity index (χ1n) is 15.7. The van der Waals surface area contributed by atoms with Crippen LogP contribution >= 0.6 is 0 Å². The number of aliphatic imine (C=N–C) groups is 1. The molecule has 0 unspecified atom stereocenters. The van der Waals surface area contributed by atoms with E-state index in [4.69, 9.17) is 4.99 Å². The first-order chi connectivity index (χ1) is 21.1. The van der Waals surface area contributed by atoms with Crippen molar-refractivity contribution in [2.24, 2.45) is 4.99 Å². The van der Waals surface area contributed by atoms with Crippen LogP contribution in [-0.4, -0.2) is 21.9 Å². The van der Waals surface area contributed by atoms with Gasteiger partial charge in [-0.3, -0.25) is 4.99 Å². The van der Waals surface area contributed by atoms with Crippen LogP contribution in [0.1, 0.15) is 75.5 Å². The summed E-state index contributed by atoms with van der Waals surface area (Å²) in [5.74, 6) is 0. The summed E-state index contributed by atoms with van der Waals surface area (Å²) in [6.45, 7) is 14.7. The molecular formula is C40H44N4. The van der Waals surface area contributed by atoms with Gasteiger partial charge in [0.15, 0.2) is 0 Å². The van der Waals surface area contributed by atoms with E-state index >= 15 is 0 Å². The lowest BCUT2D eigenvalue weighted by molar-refractivity contribution is 0.491. The van der Waals surface area contributed by atoms with Crippen molar-refractivity contribution in [2.45, 2.75) is 71.8 Å². The van der Waals surface area contributed by atoms with Crippen molar-refractivity contribution in [2.75, 3.05) is 4.90 Å². The predicted molar refractivity (Wildman–Crippen MR) is 188 cm³/mol. The molecule has 1 N–H and O–H groups in total. The Morgan fingerprint density at radius 2 is 1.30 bits per heavy atom. The van der Waals surface area contributed by atoms with Gasteiger partial charge >= 0.3 is 0 Å². The highest BCUT2D eigenvalue weighted by Crippen LogP contribution is 2.51. The van der Waals surface area contributed by atoms with Crippen LogP contribution in [0.2, 0.25) is 0 Å². The van der Waals surface area contributed by atoms with Crippen LogP contribution in [0.15, 0.2) is 120 Å². The molecule has 224 valence electrons. The largest absolute Gasteiger partial charge is 0.386 e. The highest BCUT2D eigenvalue weighted by atomic mass is 15.2. The lowest BCUT2D eigenvalue weighted by Gasteiger charge is -2.31. The van der Waals surface area contributed by atoms with Crippen LogP contribution in [0, 0.1) is 0 Å². The van der Waals surface area contributed by atoms with E-state index in [2.05, 4.69) is 178 Å². The van der Waals surface area contributed by atoms with Crippen LogP contribution in [0.5, 0.6) is 0 Å². The van der Waals surface area contributed by atoms with Gasteiger partial charge in [-0.25, -0.2) is 0 Å². The van der Waals surface area contributed by atoms with Gasteiger partial charge in [-0.2, -0.15) is 0 Å². The fourth-order valence-corrected chi connectivity index (χ4v) is 6.10. The third kappa shape index (κ3) is 6.21. The Bertz CT molecular complexity index is 1800. The number of benzene rings is 4. The quantitative estimate of drug-likeness (QED) is 0.195. The molecule has 5 aromatic rings. The van der Waals surface area contributed by atoms with Gasteiger partial charge in [-0.15, -0.1) is 0 Å². The maximum absolute atomic E-state index is 5.11. The second-order valence-electron chi connectivity index (χ2n) is 13.8. The summed E-state index contributed by atoms with van der Waals surface area (Å²) in [6, 6.07) is 39.3. The summed E-state index contributed by atoms with van der Waals surface area (Å²) >= 11 is 0. The first-order valence-corrected chi connectivity index (χ1v) is 15.7. The van der Waals surface area contributed by atoms with Gasteiger partial charge in [0.1, 0.15) is 0 Å². The molecule has 1 aromatic heterocycles. The topological polar surface area (TPSA) is 32.6 Å². The fourth-order valence-electron chi connectivity index (χ4n) is 6.10. The maximum atomic E-state index is 5.11. The first kappa shape index (κ1) is 29.5. The molecule has 0 radical (unpaired) electrons. The van der Waals surface area contributed by atoms with Crippen molar-refractivity contribution in [1.82, 2.24) is 9.88 Å². The number of fused-ring (bicyclic) bond motifs is 2. The minimum atomic E-state index is -0.200. The zero-order valence-corrected chi connectivity index (χ0v) is 26.9. The highest BCUT2D eigenvalue weighted by molar-refractivity contribution is 6.03. The summed E-state index contributed by atoms with van der Waals surface area (Å²) in [5.41, 5.74) is 9.74. The predicted octanol–water partition coefficient (Wildman–Crippen LogP) is 9.40. The number of nitrogens with zero attached hydrogens (tertiary/aromatic N) is 3. The number of hydrogen-bond donors (Lipinski definition) is 1. The number of aromatic nitrogens is 1. The van der Waals surface area contributed by atoms with E-state index in [0.717, 1.165) is 13.1 Å². The van der Waals surface area contributed by atoms with Crippen LogP contribution in [0.25, 0.3) is 16.5 Å². The summed E-state index contributed by atoms with van der Waals surface area (Å²) in [4.78, 5) is 7.69. The molecule has 1 aliphatic heterocycles. The van der Waals surface area contributed by atoms with Crippen molar-refractivity contribution in [3.05, 3.63) is 143 Å². The molecule has 4 nitrogen and oxygen atoms in total. The van der Waals surface area contributed by atoms with E-state index in [9.17, 15) is 0 Å². The average Bonchev–Trinajstić information content (AvgIpc) is 3.46. The van der Waals surface area contributed by atoms with Gasteiger partial charge in [0.05, 0.1) is 17.3 Å². The second-order valence-corrected chi connectivity index (χ2v) is 13.8. The van der Waals surface area contributed by atoms with E-state index in [1.54, 1.807) is 0 Å². The molecule has 0 saturated heterocycles. The minimum Gasteiger partial charge on any atom is -0.386 e. The number of hydrogen-bond acceptors (Lipinski definition) is 3. The Kier molecular flexibility index (Phi) is 7.94. The average molecular weight is 581 g/mol. The molecular weight excluding hydrogens is 536 g/mol. The molecule has 0 amide bonds. The molecule has 2 heterocycles. The third-order valence-electron chi connectivity index (χ3n) is 8.06. The Morgan fingerprint density at radius 1 is 0.705 bits per heavy atom. The lowest BCUT2D eigenvalue weighted by atomic mass is 9.96. The molecule has 0 spiro atoms. The van der Waals surface area contributed by atoms with Gasteiger partial charge in [-0.05, 0) is 64.8 Å². The Hall–Kier alpha value is -4.57. The SMILES string of the molecule is CC(C)(C)N=Cc1c([C@H]2/C(=C\NC(C)(C)C)c3ccccc3N2Cc2ccccc2)n(Cc2ccccc2)c2ccccc12. The molecule has 0 saturated carbocycles. The van der Waals surface area contributed by atoms with Crippen LogP contribution < -0.4 is 10.2 Å². The Morgan fingerprint density at radius 3 is 1.95 bits per heavy atom. The minimum absolute atomic E-state index is 0.0417. The Balaban J connectivity index is 1.66. The second kappa shape index (κ2) is 11.8. The monoisotopic (exact) mass is 580 g/mol. The van der Waals surface area contributed by atoms with E-state index in [0.29, 0.717) is 0 Å². The summed E-state index contributed by atoms with van der Waals surface area (Å²) in [6.07, 6.45) is 4.40. The van der Waals surface area contributed by atoms with E-state index in [1.165, 1.54) is 50.1 Å². The molecule has 0 bridgehead atoms. The molecule has 1 aliphatic rings. The summed E-state index contributed by atoms with van der Waals surface area (Å²) in [5, 5.41) is 4.96. The summed E-state index contributed by atoms with van der Waals surface area (Å²) in [7, 11) is 0. The maximum Gasteiger partial charge on any atom is 0.0977 e. The molecule has 4 heteroatoms. The van der Waals surface area contributed by atoms with Crippen molar-refractivity contribution in [3.63, 3.8) is 0 Å². The van der Waals surface area contributed by atoms with Crippen molar-refractivity contribution >= 4 is 28.4 Å². The molecule has 0 fully saturated rings. The molecule has 6 rings (SSSR count). The number of para-hydroxylation sites is 2. The fraction of sp³-hybridized carbons (Fsp3) is 0.275. The van der Waals surface area contributed by atoms with E-state index in [1.807, 2.05) is 0 Å². The molecule has 1 atom stereocenters. The normalized spacial score (nSPS) is 16.3. The Labute approximate surface area is 262 Å². The van der Waals surface area contributed by atoms with Crippen LogP contribution in [-0.2, 0) is 13.1 Å². The third-order valence-corrected chi connectivity index (χ3v) is 8.06. The number of rotatable bonds is 7. The van der Waals surface area contributed by atoms with Crippen LogP contribution in [0.4, 0.5) is 5.69 Å². The number of anilines is 1.